The third kappa shape index (κ3) is 4.99. The number of hydrogen-bond donors (Lipinski definition) is 1. The summed E-state index contributed by atoms with van der Waals surface area (Å²) in [5, 5.41) is 0. The molecule has 0 fully saturated rings. The average molecular weight is 441 g/mol. The molecule has 0 aliphatic rings. The highest BCUT2D eigenvalue weighted by Crippen LogP contribution is 2.30. The molecule has 5 heteroatoms. The van der Waals surface area contributed by atoms with Crippen molar-refractivity contribution < 1.29 is 4.79 Å². The molecule has 4 aromatic rings. The van der Waals surface area contributed by atoms with Crippen LogP contribution < -0.4 is 5.73 Å². The molecule has 0 radical (unpaired) electrons. The van der Waals surface area contributed by atoms with E-state index in [1.807, 2.05) is 60.4 Å². The minimum atomic E-state index is -0.151. The fraction of sp³-hybridized carbons (Fsp3) is 0.286. The molecule has 0 saturated heterocycles. The quantitative estimate of drug-likeness (QED) is 0.382. The first-order chi connectivity index (χ1) is 16.1. The lowest BCUT2D eigenvalue weighted by Gasteiger charge is -2.31. The van der Waals surface area contributed by atoms with E-state index in [2.05, 4.69) is 41.8 Å². The van der Waals surface area contributed by atoms with Crippen molar-refractivity contribution in [2.24, 2.45) is 5.73 Å². The maximum absolute atomic E-state index is 13.7. The normalized spacial score (nSPS) is 12.1. The molecule has 0 spiro atoms. The fourth-order valence-electron chi connectivity index (χ4n) is 4.35. The van der Waals surface area contributed by atoms with Crippen LogP contribution in [0.5, 0.6) is 0 Å². The van der Waals surface area contributed by atoms with Gasteiger partial charge in [-0.3, -0.25) is 4.79 Å². The Morgan fingerprint density at radius 1 is 1.00 bits per heavy atom. The number of fused-ring (bicyclic) bond motifs is 1. The molecule has 1 aromatic heterocycles. The predicted molar refractivity (Wildman–Crippen MR) is 134 cm³/mol. The molecule has 33 heavy (non-hydrogen) atoms. The maximum atomic E-state index is 13.7. The van der Waals surface area contributed by atoms with Crippen molar-refractivity contribution >= 4 is 16.9 Å². The molecule has 0 aliphatic carbocycles. The molecule has 0 bridgehead atoms. The summed E-state index contributed by atoms with van der Waals surface area (Å²) < 4.78 is 2.26. The molecular formula is C28H32N4O. The van der Waals surface area contributed by atoms with Gasteiger partial charge in [0.1, 0.15) is 5.82 Å². The molecule has 0 saturated carbocycles. The van der Waals surface area contributed by atoms with Crippen LogP contribution in [0.4, 0.5) is 0 Å². The second kappa shape index (κ2) is 10.5. The minimum Gasteiger partial charge on any atom is -0.330 e. The molecule has 3 aromatic carbocycles. The van der Waals surface area contributed by atoms with Gasteiger partial charge in [-0.25, -0.2) is 4.98 Å². The number of rotatable bonds is 9. The number of hydrogen-bond acceptors (Lipinski definition) is 3. The molecule has 4 rings (SSSR count). The largest absolute Gasteiger partial charge is 0.330 e. The van der Waals surface area contributed by atoms with Gasteiger partial charge in [0.05, 0.1) is 17.1 Å². The third-order valence-electron chi connectivity index (χ3n) is 6.09. The van der Waals surface area contributed by atoms with Gasteiger partial charge >= 0.3 is 0 Å². The Balaban J connectivity index is 1.79. The summed E-state index contributed by atoms with van der Waals surface area (Å²) in [5.41, 5.74) is 10.9. The van der Waals surface area contributed by atoms with Gasteiger partial charge in [0.15, 0.2) is 0 Å². The Morgan fingerprint density at radius 3 is 2.39 bits per heavy atom. The minimum absolute atomic E-state index is 0.0219. The van der Waals surface area contributed by atoms with Crippen molar-refractivity contribution in [3.05, 3.63) is 101 Å². The second-order valence-electron chi connectivity index (χ2n) is 8.46. The van der Waals surface area contributed by atoms with Crippen LogP contribution in [0, 0.1) is 6.92 Å². The van der Waals surface area contributed by atoms with Crippen LogP contribution in [0.2, 0.25) is 0 Å². The van der Waals surface area contributed by atoms with Gasteiger partial charge in [0.2, 0.25) is 0 Å². The molecule has 1 unspecified atom stereocenters. The van der Waals surface area contributed by atoms with Gasteiger partial charge in [-0.1, -0.05) is 67.1 Å². The van der Waals surface area contributed by atoms with Crippen LogP contribution >= 0.6 is 0 Å². The van der Waals surface area contributed by atoms with Gasteiger partial charge in [-0.05, 0) is 56.1 Å². The van der Waals surface area contributed by atoms with E-state index in [4.69, 9.17) is 10.7 Å². The smallest absolute Gasteiger partial charge is 0.254 e. The van der Waals surface area contributed by atoms with Crippen molar-refractivity contribution in [1.29, 1.82) is 0 Å². The lowest BCUT2D eigenvalue weighted by Crippen LogP contribution is -2.37. The number of carbonyl (C=O) groups excluding carboxylic acids is 1. The van der Waals surface area contributed by atoms with Crippen LogP contribution in [0.25, 0.3) is 11.0 Å². The zero-order chi connectivity index (χ0) is 23.2. The summed E-state index contributed by atoms with van der Waals surface area (Å²) in [7, 11) is 0. The first-order valence-electron chi connectivity index (χ1n) is 11.7. The lowest BCUT2D eigenvalue weighted by molar-refractivity contribution is 0.0657. The summed E-state index contributed by atoms with van der Waals surface area (Å²) in [6.45, 7) is 5.98. The average Bonchev–Trinajstić information content (AvgIpc) is 3.20. The van der Waals surface area contributed by atoms with E-state index < -0.39 is 0 Å². The Morgan fingerprint density at radius 2 is 1.70 bits per heavy atom. The molecule has 1 heterocycles. The van der Waals surface area contributed by atoms with E-state index in [1.165, 1.54) is 5.56 Å². The molecule has 5 nitrogen and oxygen atoms in total. The van der Waals surface area contributed by atoms with Gasteiger partial charge in [-0.15, -0.1) is 0 Å². The monoisotopic (exact) mass is 440 g/mol. The van der Waals surface area contributed by atoms with Crippen molar-refractivity contribution in [1.82, 2.24) is 14.5 Å². The standard InChI is InChI=1S/C28H32N4O/c1-3-25(31(19-9-18-29)28(33)23-16-14-21(2)15-17-23)27-30-24-12-7-8-13-26(24)32(27)20-22-10-5-4-6-11-22/h4-8,10-17,25H,3,9,18-20,29H2,1-2H3. The topological polar surface area (TPSA) is 64.2 Å². The van der Waals surface area contributed by atoms with Gasteiger partial charge in [0.25, 0.3) is 5.91 Å². The van der Waals surface area contributed by atoms with Crippen molar-refractivity contribution in [2.75, 3.05) is 13.1 Å². The summed E-state index contributed by atoms with van der Waals surface area (Å²) in [5.74, 6) is 0.939. The predicted octanol–water partition coefficient (Wildman–Crippen LogP) is 5.34. The number of aromatic nitrogens is 2. The van der Waals surface area contributed by atoms with Gasteiger partial charge < -0.3 is 15.2 Å². The third-order valence-corrected chi connectivity index (χ3v) is 6.09. The van der Waals surface area contributed by atoms with Crippen LogP contribution in [-0.2, 0) is 6.54 Å². The Kier molecular flexibility index (Phi) is 7.20. The summed E-state index contributed by atoms with van der Waals surface area (Å²) in [6, 6.07) is 26.2. The number of amides is 1. The SMILES string of the molecule is CCC(c1nc2ccccc2n1Cc1ccccc1)N(CCCN)C(=O)c1ccc(C)cc1. The number of nitrogens with two attached hydrogens (primary N) is 1. The highest BCUT2D eigenvalue weighted by atomic mass is 16.2. The van der Waals surface area contributed by atoms with E-state index in [1.54, 1.807) is 0 Å². The van der Waals surface area contributed by atoms with E-state index in [9.17, 15) is 4.79 Å². The Hall–Kier alpha value is -3.44. The molecule has 1 atom stereocenters. The van der Waals surface area contributed by atoms with Crippen molar-refractivity contribution in [2.45, 2.75) is 39.3 Å². The first-order valence-corrected chi connectivity index (χ1v) is 11.7. The van der Waals surface area contributed by atoms with E-state index >= 15 is 0 Å². The highest BCUT2D eigenvalue weighted by molar-refractivity contribution is 5.94. The van der Waals surface area contributed by atoms with E-state index in [0.717, 1.165) is 35.3 Å². The van der Waals surface area contributed by atoms with E-state index in [-0.39, 0.29) is 11.9 Å². The lowest BCUT2D eigenvalue weighted by atomic mass is 10.1. The maximum Gasteiger partial charge on any atom is 0.254 e. The number of nitrogens with zero attached hydrogens (tertiary/aromatic N) is 3. The van der Waals surface area contributed by atoms with Crippen LogP contribution in [0.1, 0.15) is 53.1 Å². The van der Waals surface area contributed by atoms with Crippen LogP contribution in [0.15, 0.2) is 78.9 Å². The molecule has 0 aliphatic heterocycles. The fourth-order valence-corrected chi connectivity index (χ4v) is 4.35. The van der Waals surface area contributed by atoms with Gasteiger partial charge in [-0.2, -0.15) is 0 Å². The number of benzene rings is 3. The van der Waals surface area contributed by atoms with E-state index in [0.29, 0.717) is 25.2 Å². The summed E-state index contributed by atoms with van der Waals surface area (Å²) in [6.07, 6.45) is 1.51. The van der Waals surface area contributed by atoms with Crippen molar-refractivity contribution in [3.8, 4) is 0 Å². The molecule has 170 valence electrons. The number of aryl methyl sites for hydroxylation is 1. The Labute approximate surface area is 195 Å². The van der Waals surface area contributed by atoms with Crippen molar-refractivity contribution in [3.63, 3.8) is 0 Å². The van der Waals surface area contributed by atoms with Crippen LogP contribution in [0.3, 0.4) is 0 Å². The van der Waals surface area contributed by atoms with Crippen LogP contribution in [-0.4, -0.2) is 33.4 Å². The molecular weight excluding hydrogens is 408 g/mol. The summed E-state index contributed by atoms with van der Waals surface area (Å²) in [4.78, 5) is 20.7. The highest BCUT2D eigenvalue weighted by Gasteiger charge is 2.29. The Bertz CT molecular complexity index is 1200. The number of imidazole rings is 1. The number of para-hydroxylation sites is 2. The van der Waals surface area contributed by atoms with Gasteiger partial charge in [0, 0.05) is 18.7 Å². The summed E-state index contributed by atoms with van der Waals surface area (Å²) >= 11 is 0. The zero-order valence-electron chi connectivity index (χ0n) is 19.4. The molecule has 2 N–H and O–H groups in total. The first kappa shape index (κ1) is 22.7. The zero-order valence-corrected chi connectivity index (χ0v) is 19.4. The second-order valence-corrected chi connectivity index (χ2v) is 8.46. The molecule has 1 amide bonds. The number of carbonyl (C=O) groups is 1.